The third-order valence-corrected chi connectivity index (χ3v) is 2.33. The number of esters is 2. The molecule has 0 fully saturated rings. The van der Waals surface area contributed by atoms with Gasteiger partial charge >= 0.3 is 11.9 Å². The number of hydrogen-bond donors (Lipinski definition) is 0. The van der Waals surface area contributed by atoms with Crippen molar-refractivity contribution in [2.75, 3.05) is 19.8 Å². The molecule has 0 aromatic rings. The van der Waals surface area contributed by atoms with Gasteiger partial charge < -0.3 is 18.9 Å². The van der Waals surface area contributed by atoms with Crippen molar-refractivity contribution < 1.29 is 28.5 Å². The molecule has 0 aromatic heterocycles. The van der Waals surface area contributed by atoms with E-state index in [0.717, 1.165) is 12.2 Å². The highest BCUT2D eigenvalue weighted by Crippen LogP contribution is 2.02. The topological polar surface area (TPSA) is 71.1 Å². The van der Waals surface area contributed by atoms with E-state index in [2.05, 4.69) is 13.2 Å². The summed E-state index contributed by atoms with van der Waals surface area (Å²) in [6.45, 7) is 12.7. The number of rotatable bonds is 11. The van der Waals surface area contributed by atoms with Gasteiger partial charge in [0.25, 0.3) is 0 Å². The first-order valence-electron chi connectivity index (χ1n) is 6.74. The summed E-state index contributed by atoms with van der Waals surface area (Å²) in [5, 5.41) is 0. The van der Waals surface area contributed by atoms with Gasteiger partial charge in [-0.1, -0.05) is 13.2 Å². The molecule has 0 aliphatic rings. The van der Waals surface area contributed by atoms with E-state index in [0.29, 0.717) is 6.61 Å². The zero-order chi connectivity index (χ0) is 16.3. The van der Waals surface area contributed by atoms with Crippen molar-refractivity contribution >= 4 is 11.9 Å². The number of carbonyl (C=O) groups is 2. The molecule has 0 aliphatic heterocycles. The molecule has 3 atom stereocenters. The van der Waals surface area contributed by atoms with E-state index in [1.54, 1.807) is 13.8 Å². The van der Waals surface area contributed by atoms with Gasteiger partial charge in [0.05, 0.1) is 24.9 Å². The molecular formula is C15H24O6. The first-order chi connectivity index (χ1) is 9.88. The minimum atomic E-state index is -0.480. The van der Waals surface area contributed by atoms with Crippen molar-refractivity contribution in [1.29, 1.82) is 0 Å². The van der Waals surface area contributed by atoms with Crippen LogP contribution < -0.4 is 0 Å². The van der Waals surface area contributed by atoms with Crippen molar-refractivity contribution in [1.82, 2.24) is 0 Å². The molecule has 0 bridgehead atoms. The molecule has 0 heterocycles. The van der Waals surface area contributed by atoms with Gasteiger partial charge in [0.15, 0.2) is 0 Å². The van der Waals surface area contributed by atoms with E-state index in [1.807, 2.05) is 6.92 Å². The molecule has 6 nitrogen and oxygen atoms in total. The van der Waals surface area contributed by atoms with Crippen LogP contribution in [0.1, 0.15) is 20.8 Å². The standard InChI is InChI=1S/C15H24O6/c1-6-14(16)19-8-11(3)18-9-12(4)21-13(5)10-20-15(17)7-2/h6-7,11-13H,1-2,8-10H2,3-5H3. The van der Waals surface area contributed by atoms with Crippen LogP contribution in [0.3, 0.4) is 0 Å². The van der Waals surface area contributed by atoms with Crippen LogP contribution in [-0.2, 0) is 28.5 Å². The predicted octanol–water partition coefficient (Wildman–Crippen LogP) is 1.64. The van der Waals surface area contributed by atoms with Crippen molar-refractivity contribution in [2.24, 2.45) is 0 Å². The van der Waals surface area contributed by atoms with Crippen LogP contribution in [0.25, 0.3) is 0 Å². The maximum Gasteiger partial charge on any atom is 0.330 e. The van der Waals surface area contributed by atoms with Crippen LogP contribution in [0.5, 0.6) is 0 Å². The Balaban J connectivity index is 3.79. The summed E-state index contributed by atoms with van der Waals surface area (Å²) in [7, 11) is 0. The fourth-order valence-corrected chi connectivity index (χ4v) is 1.34. The number of hydrogen-bond acceptors (Lipinski definition) is 6. The summed E-state index contributed by atoms with van der Waals surface area (Å²) in [4.78, 5) is 21.8. The highest BCUT2D eigenvalue weighted by atomic mass is 16.6. The summed E-state index contributed by atoms with van der Waals surface area (Å²) in [6, 6.07) is 0. The lowest BCUT2D eigenvalue weighted by molar-refractivity contribution is -0.147. The van der Waals surface area contributed by atoms with E-state index in [-0.39, 0.29) is 31.5 Å². The zero-order valence-electron chi connectivity index (χ0n) is 12.9. The van der Waals surface area contributed by atoms with Gasteiger partial charge in [0, 0.05) is 12.2 Å². The average molecular weight is 300 g/mol. The van der Waals surface area contributed by atoms with Crippen LogP contribution in [0.4, 0.5) is 0 Å². The highest BCUT2D eigenvalue weighted by molar-refractivity contribution is 5.81. The smallest absolute Gasteiger partial charge is 0.330 e. The Bertz CT molecular complexity index is 352. The van der Waals surface area contributed by atoms with Gasteiger partial charge in [0.1, 0.15) is 13.2 Å². The molecule has 3 unspecified atom stereocenters. The molecular weight excluding hydrogens is 276 g/mol. The Labute approximate surface area is 125 Å². The molecule has 0 saturated carbocycles. The predicted molar refractivity (Wildman–Crippen MR) is 77.7 cm³/mol. The van der Waals surface area contributed by atoms with Crippen LogP contribution in [-0.4, -0.2) is 50.1 Å². The molecule has 21 heavy (non-hydrogen) atoms. The second-order valence-corrected chi connectivity index (χ2v) is 4.57. The van der Waals surface area contributed by atoms with E-state index in [4.69, 9.17) is 18.9 Å². The van der Waals surface area contributed by atoms with Gasteiger partial charge in [-0.2, -0.15) is 0 Å². The largest absolute Gasteiger partial charge is 0.460 e. The fourth-order valence-electron chi connectivity index (χ4n) is 1.34. The second-order valence-electron chi connectivity index (χ2n) is 4.57. The quantitative estimate of drug-likeness (QED) is 0.427. The highest BCUT2D eigenvalue weighted by Gasteiger charge is 2.13. The van der Waals surface area contributed by atoms with Crippen molar-refractivity contribution in [2.45, 2.75) is 39.1 Å². The Hall–Kier alpha value is -1.66. The Morgan fingerprint density at radius 2 is 1.29 bits per heavy atom. The lowest BCUT2D eigenvalue weighted by Gasteiger charge is -2.21. The van der Waals surface area contributed by atoms with Crippen LogP contribution in [0.2, 0.25) is 0 Å². The summed E-state index contributed by atoms with van der Waals surface area (Å²) < 4.78 is 20.8. The normalized spacial score (nSPS) is 14.6. The van der Waals surface area contributed by atoms with Gasteiger partial charge in [-0.05, 0) is 20.8 Å². The maximum absolute atomic E-state index is 10.9. The van der Waals surface area contributed by atoms with Crippen molar-refractivity contribution in [3.05, 3.63) is 25.3 Å². The number of ether oxygens (including phenoxy) is 4. The van der Waals surface area contributed by atoms with Crippen LogP contribution in [0, 0.1) is 0 Å². The first kappa shape index (κ1) is 19.3. The molecule has 0 aliphatic carbocycles. The minimum absolute atomic E-state index is 0.154. The second kappa shape index (κ2) is 11.0. The van der Waals surface area contributed by atoms with E-state index < -0.39 is 11.9 Å². The van der Waals surface area contributed by atoms with Crippen LogP contribution >= 0.6 is 0 Å². The third-order valence-electron chi connectivity index (χ3n) is 2.33. The van der Waals surface area contributed by atoms with Crippen molar-refractivity contribution in [3.8, 4) is 0 Å². The van der Waals surface area contributed by atoms with Crippen molar-refractivity contribution in [3.63, 3.8) is 0 Å². The van der Waals surface area contributed by atoms with E-state index >= 15 is 0 Å². The molecule has 6 heteroatoms. The molecule has 0 aromatic carbocycles. The zero-order valence-corrected chi connectivity index (χ0v) is 12.9. The summed E-state index contributed by atoms with van der Waals surface area (Å²) in [5.74, 6) is -0.959. The van der Waals surface area contributed by atoms with Gasteiger partial charge in [-0.25, -0.2) is 9.59 Å². The SMILES string of the molecule is C=CC(=O)OCC(C)OCC(C)OC(C)COC(=O)C=C. The lowest BCUT2D eigenvalue weighted by Crippen LogP contribution is -2.28. The van der Waals surface area contributed by atoms with E-state index in [1.165, 1.54) is 0 Å². The molecule has 0 radical (unpaired) electrons. The first-order valence-corrected chi connectivity index (χ1v) is 6.74. The Morgan fingerprint density at radius 1 is 0.857 bits per heavy atom. The van der Waals surface area contributed by atoms with Crippen LogP contribution in [0.15, 0.2) is 25.3 Å². The third kappa shape index (κ3) is 10.8. The summed E-state index contributed by atoms with van der Waals surface area (Å²) >= 11 is 0. The minimum Gasteiger partial charge on any atom is -0.460 e. The monoisotopic (exact) mass is 300 g/mol. The Morgan fingerprint density at radius 3 is 1.76 bits per heavy atom. The van der Waals surface area contributed by atoms with Gasteiger partial charge in [-0.15, -0.1) is 0 Å². The summed E-state index contributed by atoms with van der Waals surface area (Å²) in [6.07, 6.45) is 1.53. The maximum atomic E-state index is 10.9. The lowest BCUT2D eigenvalue weighted by atomic mass is 10.3. The van der Waals surface area contributed by atoms with E-state index in [9.17, 15) is 9.59 Å². The fraction of sp³-hybridized carbons (Fsp3) is 0.600. The molecule has 0 N–H and O–H groups in total. The Kier molecular flexibility index (Phi) is 10.2. The summed E-state index contributed by atoms with van der Waals surface area (Å²) in [5.41, 5.74) is 0. The molecule has 0 amide bonds. The molecule has 0 saturated heterocycles. The average Bonchev–Trinajstić information content (AvgIpc) is 2.47. The molecule has 0 rings (SSSR count). The van der Waals surface area contributed by atoms with Gasteiger partial charge in [-0.3, -0.25) is 0 Å². The molecule has 0 spiro atoms. The van der Waals surface area contributed by atoms with Gasteiger partial charge in [0.2, 0.25) is 0 Å². The molecule has 120 valence electrons. The number of carbonyl (C=O) groups excluding carboxylic acids is 2.